The lowest BCUT2D eigenvalue weighted by Gasteiger charge is -2.09. The number of rotatable bonds is 3. The van der Waals surface area contributed by atoms with E-state index >= 15 is 0 Å². The summed E-state index contributed by atoms with van der Waals surface area (Å²) < 4.78 is 4.56. The molecule has 4 heteroatoms. The highest BCUT2D eigenvalue weighted by Gasteiger charge is 2.12. The van der Waals surface area contributed by atoms with Gasteiger partial charge in [-0.1, -0.05) is 6.92 Å². The maximum atomic E-state index is 11.2. The second kappa shape index (κ2) is 5.17. The average molecular weight is 219 g/mol. The van der Waals surface area contributed by atoms with Crippen LogP contribution in [0.1, 0.15) is 23.6 Å². The highest BCUT2D eigenvalue weighted by molar-refractivity contribution is 5.73. The standard InChI is InChI=1S/C12H13NO3/c1-3-10-9(6-12(15)16-2)4-8(7-13)5-11(10)14/h4-5,14H,3,6H2,1-2H3. The lowest BCUT2D eigenvalue weighted by Crippen LogP contribution is -2.07. The van der Waals surface area contributed by atoms with E-state index in [1.165, 1.54) is 13.2 Å². The molecule has 0 radical (unpaired) electrons. The molecule has 0 unspecified atom stereocenters. The number of aromatic hydroxyl groups is 1. The predicted octanol–water partition coefficient (Wildman–Crippen LogP) is 1.54. The Kier molecular flexibility index (Phi) is 3.90. The second-order valence-electron chi connectivity index (χ2n) is 3.35. The van der Waals surface area contributed by atoms with Gasteiger partial charge in [0.25, 0.3) is 0 Å². The van der Waals surface area contributed by atoms with Crippen molar-refractivity contribution in [2.45, 2.75) is 19.8 Å². The Morgan fingerprint density at radius 3 is 2.75 bits per heavy atom. The van der Waals surface area contributed by atoms with Gasteiger partial charge < -0.3 is 9.84 Å². The number of carbonyl (C=O) groups excluding carboxylic acids is 1. The summed E-state index contributed by atoms with van der Waals surface area (Å²) in [6.07, 6.45) is 0.673. The summed E-state index contributed by atoms with van der Waals surface area (Å²) >= 11 is 0. The minimum absolute atomic E-state index is 0.0560. The lowest BCUT2D eigenvalue weighted by atomic mass is 9.98. The van der Waals surface area contributed by atoms with Gasteiger partial charge in [-0.05, 0) is 29.7 Å². The van der Waals surface area contributed by atoms with Gasteiger partial charge in [-0.3, -0.25) is 4.79 Å². The predicted molar refractivity (Wildman–Crippen MR) is 57.9 cm³/mol. The molecule has 0 amide bonds. The van der Waals surface area contributed by atoms with Gasteiger partial charge in [-0.2, -0.15) is 5.26 Å². The lowest BCUT2D eigenvalue weighted by molar-refractivity contribution is -0.139. The molecule has 0 fully saturated rings. The van der Waals surface area contributed by atoms with Gasteiger partial charge in [0.1, 0.15) is 5.75 Å². The first-order valence-electron chi connectivity index (χ1n) is 4.94. The minimum Gasteiger partial charge on any atom is -0.508 e. The molecule has 0 atom stereocenters. The second-order valence-corrected chi connectivity index (χ2v) is 3.35. The number of carbonyl (C=O) groups is 1. The highest BCUT2D eigenvalue weighted by Crippen LogP contribution is 2.24. The van der Waals surface area contributed by atoms with Crippen molar-refractivity contribution < 1.29 is 14.6 Å². The highest BCUT2D eigenvalue weighted by atomic mass is 16.5. The summed E-state index contributed by atoms with van der Waals surface area (Å²) in [7, 11) is 1.31. The van der Waals surface area contributed by atoms with Crippen LogP contribution in [-0.4, -0.2) is 18.2 Å². The van der Waals surface area contributed by atoms with E-state index in [1.54, 1.807) is 6.07 Å². The molecule has 0 heterocycles. The van der Waals surface area contributed by atoms with E-state index in [1.807, 2.05) is 13.0 Å². The fraction of sp³-hybridized carbons (Fsp3) is 0.333. The SMILES string of the molecule is CCc1c(O)cc(C#N)cc1CC(=O)OC. The Balaban J connectivity index is 3.19. The Morgan fingerprint density at radius 1 is 1.56 bits per heavy atom. The third kappa shape index (κ3) is 2.51. The summed E-state index contributed by atoms with van der Waals surface area (Å²) in [6, 6.07) is 4.95. The van der Waals surface area contributed by atoms with Crippen LogP contribution >= 0.6 is 0 Å². The van der Waals surface area contributed by atoms with E-state index in [9.17, 15) is 9.90 Å². The van der Waals surface area contributed by atoms with Crippen LogP contribution in [-0.2, 0) is 22.4 Å². The number of benzene rings is 1. The molecule has 1 rings (SSSR count). The molecule has 1 N–H and O–H groups in total. The number of nitrogens with zero attached hydrogens (tertiary/aromatic N) is 1. The maximum Gasteiger partial charge on any atom is 0.309 e. The first-order valence-corrected chi connectivity index (χ1v) is 4.94. The van der Waals surface area contributed by atoms with Crippen LogP contribution in [0.3, 0.4) is 0 Å². The van der Waals surface area contributed by atoms with Crippen molar-refractivity contribution >= 4 is 5.97 Å². The number of hydrogen-bond acceptors (Lipinski definition) is 4. The van der Waals surface area contributed by atoms with E-state index in [0.717, 1.165) is 0 Å². The third-order valence-electron chi connectivity index (χ3n) is 2.36. The topological polar surface area (TPSA) is 70.3 Å². The van der Waals surface area contributed by atoms with Gasteiger partial charge in [-0.25, -0.2) is 0 Å². The zero-order chi connectivity index (χ0) is 12.1. The van der Waals surface area contributed by atoms with Crippen LogP contribution in [0, 0.1) is 11.3 Å². The van der Waals surface area contributed by atoms with Gasteiger partial charge in [0.2, 0.25) is 0 Å². The fourth-order valence-electron chi connectivity index (χ4n) is 1.57. The van der Waals surface area contributed by atoms with Crippen molar-refractivity contribution in [3.63, 3.8) is 0 Å². The molecule has 0 bridgehead atoms. The average Bonchev–Trinajstić information content (AvgIpc) is 2.28. The Bertz CT molecular complexity index is 446. The van der Waals surface area contributed by atoms with Crippen molar-refractivity contribution in [3.05, 3.63) is 28.8 Å². The first-order chi connectivity index (χ1) is 7.62. The molecular weight excluding hydrogens is 206 g/mol. The Hall–Kier alpha value is -2.02. The number of methoxy groups -OCH3 is 1. The number of phenolic OH excluding ortho intramolecular Hbond substituents is 1. The molecule has 0 aliphatic carbocycles. The molecule has 0 aliphatic heterocycles. The van der Waals surface area contributed by atoms with Crippen LogP contribution in [0.5, 0.6) is 5.75 Å². The number of hydrogen-bond donors (Lipinski definition) is 1. The van der Waals surface area contributed by atoms with E-state index in [-0.39, 0.29) is 18.1 Å². The van der Waals surface area contributed by atoms with Gasteiger partial charge in [0, 0.05) is 0 Å². The molecule has 0 aromatic heterocycles. The monoisotopic (exact) mass is 219 g/mol. The number of nitriles is 1. The molecule has 0 aliphatic rings. The van der Waals surface area contributed by atoms with Gasteiger partial charge in [0.05, 0.1) is 25.2 Å². The fourth-order valence-corrected chi connectivity index (χ4v) is 1.57. The number of phenols is 1. The molecule has 84 valence electrons. The van der Waals surface area contributed by atoms with E-state index in [2.05, 4.69) is 4.74 Å². The summed E-state index contributed by atoms with van der Waals surface area (Å²) in [5.41, 5.74) is 1.67. The minimum atomic E-state index is -0.385. The zero-order valence-electron chi connectivity index (χ0n) is 9.28. The van der Waals surface area contributed by atoms with Crippen molar-refractivity contribution in [3.8, 4) is 11.8 Å². The van der Waals surface area contributed by atoms with Crippen LogP contribution in [0.25, 0.3) is 0 Å². The van der Waals surface area contributed by atoms with E-state index in [4.69, 9.17) is 5.26 Å². The molecule has 1 aromatic carbocycles. The molecule has 1 aromatic rings. The van der Waals surface area contributed by atoms with Crippen molar-refractivity contribution in [1.82, 2.24) is 0 Å². The Labute approximate surface area is 94.1 Å². The van der Waals surface area contributed by atoms with Crippen LogP contribution in [0.15, 0.2) is 12.1 Å². The van der Waals surface area contributed by atoms with Crippen molar-refractivity contribution in [2.24, 2.45) is 0 Å². The van der Waals surface area contributed by atoms with Gasteiger partial charge in [0.15, 0.2) is 0 Å². The molecular formula is C12H13NO3. The molecule has 0 saturated carbocycles. The smallest absolute Gasteiger partial charge is 0.309 e. The zero-order valence-corrected chi connectivity index (χ0v) is 9.28. The maximum absolute atomic E-state index is 11.2. The summed E-state index contributed by atoms with van der Waals surface area (Å²) in [6.45, 7) is 1.88. The normalized spacial score (nSPS) is 9.56. The van der Waals surface area contributed by atoms with Crippen LogP contribution < -0.4 is 0 Å². The summed E-state index contributed by atoms with van der Waals surface area (Å²) in [5, 5.41) is 18.4. The van der Waals surface area contributed by atoms with Gasteiger partial charge in [-0.15, -0.1) is 0 Å². The molecule has 16 heavy (non-hydrogen) atoms. The van der Waals surface area contributed by atoms with Crippen LogP contribution in [0.2, 0.25) is 0 Å². The van der Waals surface area contributed by atoms with E-state index < -0.39 is 0 Å². The first kappa shape index (κ1) is 12.1. The van der Waals surface area contributed by atoms with Crippen molar-refractivity contribution in [1.29, 1.82) is 5.26 Å². The number of esters is 1. The number of ether oxygens (including phenoxy) is 1. The largest absolute Gasteiger partial charge is 0.508 e. The molecule has 0 spiro atoms. The molecule has 4 nitrogen and oxygen atoms in total. The van der Waals surface area contributed by atoms with Crippen LogP contribution in [0.4, 0.5) is 0 Å². The van der Waals surface area contributed by atoms with Crippen molar-refractivity contribution in [2.75, 3.05) is 7.11 Å². The summed E-state index contributed by atoms with van der Waals surface area (Å²) in [5.74, 6) is -0.329. The third-order valence-corrected chi connectivity index (χ3v) is 2.36. The quantitative estimate of drug-likeness (QED) is 0.783. The van der Waals surface area contributed by atoms with Gasteiger partial charge >= 0.3 is 5.97 Å². The van der Waals surface area contributed by atoms with E-state index in [0.29, 0.717) is 23.1 Å². The Morgan fingerprint density at radius 2 is 2.25 bits per heavy atom. The summed E-state index contributed by atoms with van der Waals surface area (Å²) in [4.78, 5) is 11.2. The molecule has 0 saturated heterocycles.